The maximum Gasteiger partial charge on any atom is 0.231 e. The molecule has 0 radical (unpaired) electrons. The van der Waals surface area contributed by atoms with Gasteiger partial charge in [0.05, 0.1) is 13.0 Å². The van der Waals surface area contributed by atoms with E-state index in [4.69, 9.17) is 9.26 Å². The Hall–Kier alpha value is -1.88. The number of ether oxygens (including phenoxy) is 1. The molecule has 1 N–H and O–H groups in total. The van der Waals surface area contributed by atoms with Crippen LogP contribution in [0.25, 0.3) is 0 Å². The fourth-order valence-corrected chi connectivity index (χ4v) is 1.48. The summed E-state index contributed by atoms with van der Waals surface area (Å²) in [6.07, 6.45) is 1.06. The monoisotopic (exact) mass is 234 g/mol. The molecule has 5 nitrogen and oxygen atoms in total. The Labute approximate surface area is 99.0 Å². The van der Waals surface area contributed by atoms with Crippen molar-refractivity contribution in [3.8, 4) is 5.75 Å². The highest BCUT2D eigenvalue weighted by Crippen LogP contribution is 2.18. The average Bonchev–Trinajstić information content (AvgIpc) is 2.77. The molecule has 0 aliphatic carbocycles. The highest BCUT2D eigenvalue weighted by molar-refractivity contribution is 5.33. The third kappa shape index (κ3) is 3.04. The highest BCUT2D eigenvalue weighted by Gasteiger charge is 2.09. The van der Waals surface area contributed by atoms with Crippen LogP contribution in [-0.2, 0) is 17.6 Å². The minimum Gasteiger partial charge on any atom is -0.508 e. The van der Waals surface area contributed by atoms with Crippen molar-refractivity contribution in [2.45, 2.75) is 12.8 Å². The molecule has 2 aromatic rings. The van der Waals surface area contributed by atoms with Gasteiger partial charge >= 0.3 is 0 Å². The zero-order valence-electron chi connectivity index (χ0n) is 9.59. The number of benzene rings is 1. The van der Waals surface area contributed by atoms with E-state index >= 15 is 0 Å². The largest absolute Gasteiger partial charge is 0.508 e. The van der Waals surface area contributed by atoms with Crippen LogP contribution in [0.15, 0.2) is 28.8 Å². The highest BCUT2D eigenvalue weighted by atomic mass is 16.5. The molecule has 0 amide bonds. The van der Waals surface area contributed by atoms with Gasteiger partial charge in [-0.1, -0.05) is 23.4 Å². The zero-order chi connectivity index (χ0) is 12.1. The molecular formula is C12H14N2O3. The maximum absolute atomic E-state index is 9.61. The second kappa shape index (κ2) is 5.45. The Morgan fingerprint density at radius 3 is 2.94 bits per heavy atom. The number of nitrogens with zero attached hydrogens (tertiary/aromatic N) is 2. The normalized spacial score (nSPS) is 10.6. The maximum atomic E-state index is 9.61. The van der Waals surface area contributed by atoms with Crippen molar-refractivity contribution >= 4 is 0 Å². The van der Waals surface area contributed by atoms with Gasteiger partial charge in [0.15, 0.2) is 5.82 Å². The first-order valence-electron chi connectivity index (χ1n) is 5.37. The van der Waals surface area contributed by atoms with E-state index in [0.717, 1.165) is 5.56 Å². The van der Waals surface area contributed by atoms with Gasteiger partial charge in [-0.15, -0.1) is 0 Å². The first-order valence-corrected chi connectivity index (χ1v) is 5.37. The predicted molar refractivity (Wildman–Crippen MR) is 60.8 cm³/mol. The van der Waals surface area contributed by atoms with Crippen molar-refractivity contribution in [3.05, 3.63) is 41.5 Å². The number of hydrogen-bond donors (Lipinski definition) is 1. The fourth-order valence-electron chi connectivity index (χ4n) is 1.48. The van der Waals surface area contributed by atoms with Crippen LogP contribution in [0.4, 0.5) is 0 Å². The van der Waals surface area contributed by atoms with Crippen LogP contribution in [-0.4, -0.2) is 29.0 Å². The SMILES string of the molecule is COCCc1noc(Cc2ccccc2O)n1. The van der Waals surface area contributed by atoms with Crippen molar-refractivity contribution in [1.82, 2.24) is 10.1 Å². The lowest BCUT2D eigenvalue weighted by atomic mass is 10.1. The van der Waals surface area contributed by atoms with Crippen LogP contribution in [0.2, 0.25) is 0 Å². The standard InChI is InChI=1S/C12H14N2O3/c1-16-7-6-11-13-12(17-14-11)8-9-4-2-3-5-10(9)15/h2-5,15H,6-8H2,1H3. The summed E-state index contributed by atoms with van der Waals surface area (Å²) >= 11 is 0. The van der Waals surface area contributed by atoms with Gasteiger partial charge in [0.1, 0.15) is 5.75 Å². The molecule has 5 heteroatoms. The van der Waals surface area contributed by atoms with E-state index in [1.165, 1.54) is 0 Å². The molecule has 1 heterocycles. The molecule has 0 fully saturated rings. The quantitative estimate of drug-likeness (QED) is 0.850. The van der Waals surface area contributed by atoms with Gasteiger partial charge in [-0.05, 0) is 6.07 Å². The van der Waals surface area contributed by atoms with Crippen LogP contribution in [0.5, 0.6) is 5.75 Å². The Morgan fingerprint density at radius 1 is 1.35 bits per heavy atom. The van der Waals surface area contributed by atoms with E-state index in [1.807, 2.05) is 12.1 Å². The Bertz CT molecular complexity index is 482. The Kier molecular flexibility index (Phi) is 3.72. The molecule has 17 heavy (non-hydrogen) atoms. The third-order valence-corrected chi connectivity index (χ3v) is 2.37. The van der Waals surface area contributed by atoms with Crippen molar-refractivity contribution in [1.29, 1.82) is 0 Å². The number of aromatic nitrogens is 2. The van der Waals surface area contributed by atoms with E-state index in [0.29, 0.717) is 31.2 Å². The fraction of sp³-hybridized carbons (Fsp3) is 0.333. The Balaban J connectivity index is 2.04. The summed E-state index contributed by atoms with van der Waals surface area (Å²) < 4.78 is 10.0. The summed E-state index contributed by atoms with van der Waals surface area (Å²) in [5.41, 5.74) is 0.773. The molecule has 1 aromatic carbocycles. The third-order valence-electron chi connectivity index (χ3n) is 2.37. The minimum absolute atomic E-state index is 0.240. The van der Waals surface area contributed by atoms with E-state index < -0.39 is 0 Å². The van der Waals surface area contributed by atoms with Gasteiger partial charge in [0, 0.05) is 19.1 Å². The summed E-state index contributed by atoms with van der Waals surface area (Å²) in [5, 5.41) is 13.4. The van der Waals surface area contributed by atoms with E-state index in [2.05, 4.69) is 10.1 Å². The molecule has 0 spiro atoms. The number of methoxy groups -OCH3 is 1. The van der Waals surface area contributed by atoms with Crippen molar-refractivity contribution in [2.75, 3.05) is 13.7 Å². The molecular weight excluding hydrogens is 220 g/mol. The van der Waals surface area contributed by atoms with Crippen molar-refractivity contribution in [3.63, 3.8) is 0 Å². The second-order valence-corrected chi connectivity index (χ2v) is 3.65. The lowest BCUT2D eigenvalue weighted by molar-refractivity contribution is 0.199. The van der Waals surface area contributed by atoms with Gasteiger partial charge in [-0.3, -0.25) is 0 Å². The number of phenols is 1. The first-order chi connectivity index (χ1) is 8.29. The summed E-state index contributed by atoms with van der Waals surface area (Å²) in [4.78, 5) is 4.22. The number of aromatic hydroxyl groups is 1. The smallest absolute Gasteiger partial charge is 0.231 e. The number of phenolic OH excluding ortho intramolecular Hbond substituents is 1. The number of para-hydroxylation sites is 1. The molecule has 2 rings (SSSR count). The van der Waals surface area contributed by atoms with Crippen LogP contribution >= 0.6 is 0 Å². The lowest BCUT2D eigenvalue weighted by Crippen LogP contribution is -1.96. The van der Waals surface area contributed by atoms with Crippen molar-refractivity contribution in [2.24, 2.45) is 0 Å². The van der Waals surface area contributed by atoms with Crippen LogP contribution in [0.1, 0.15) is 17.3 Å². The van der Waals surface area contributed by atoms with E-state index in [9.17, 15) is 5.11 Å². The molecule has 0 atom stereocenters. The van der Waals surface area contributed by atoms with E-state index in [-0.39, 0.29) is 5.75 Å². The summed E-state index contributed by atoms with van der Waals surface area (Å²) in [6.45, 7) is 0.565. The number of hydrogen-bond acceptors (Lipinski definition) is 5. The number of rotatable bonds is 5. The van der Waals surface area contributed by atoms with Gasteiger partial charge in [0.25, 0.3) is 0 Å². The molecule has 0 bridgehead atoms. The topological polar surface area (TPSA) is 68.4 Å². The molecule has 0 saturated heterocycles. The molecule has 0 saturated carbocycles. The molecule has 0 aliphatic rings. The van der Waals surface area contributed by atoms with Crippen LogP contribution < -0.4 is 0 Å². The average molecular weight is 234 g/mol. The lowest BCUT2D eigenvalue weighted by Gasteiger charge is -1.99. The van der Waals surface area contributed by atoms with Crippen molar-refractivity contribution < 1.29 is 14.4 Å². The molecule has 0 aliphatic heterocycles. The molecule has 90 valence electrons. The summed E-state index contributed by atoms with van der Waals surface area (Å²) in [6, 6.07) is 7.10. The van der Waals surface area contributed by atoms with Gasteiger partial charge < -0.3 is 14.4 Å². The first kappa shape index (κ1) is 11.6. The molecule has 1 aromatic heterocycles. The summed E-state index contributed by atoms with van der Waals surface area (Å²) in [5.74, 6) is 1.36. The minimum atomic E-state index is 0.240. The van der Waals surface area contributed by atoms with E-state index in [1.54, 1.807) is 19.2 Å². The van der Waals surface area contributed by atoms with Crippen LogP contribution in [0.3, 0.4) is 0 Å². The van der Waals surface area contributed by atoms with Crippen LogP contribution in [0, 0.1) is 0 Å². The van der Waals surface area contributed by atoms with Gasteiger partial charge in [0.2, 0.25) is 5.89 Å². The van der Waals surface area contributed by atoms with Gasteiger partial charge in [-0.25, -0.2) is 0 Å². The molecule has 0 unspecified atom stereocenters. The second-order valence-electron chi connectivity index (χ2n) is 3.65. The predicted octanol–water partition coefficient (Wildman–Crippen LogP) is 1.55. The Morgan fingerprint density at radius 2 is 2.18 bits per heavy atom. The zero-order valence-corrected chi connectivity index (χ0v) is 9.59. The summed E-state index contributed by atoms with van der Waals surface area (Å²) in [7, 11) is 1.63. The van der Waals surface area contributed by atoms with Gasteiger partial charge in [-0.2, -0.15) is 4.98 Å².